The fourth-order valence-electron chi connectivity index (χ4n) is 1.58. The summed E-state index contributed by atoms with van der Waals surface area (Å²) in [5, 5.41) is 2.94. The molecule has 0 unspecified atom stereocenters. The van der Waals surface area contributed by atoms with Gasteiger partial charge in [0, 0.05) is 18.3 Å². The van der Waals surface area contributed by atoms with E-state index in [0.717, 1.165) is 11.4 Å². The molecule has 2 rings (SSSR count). The third kappa shape index (κ3) is 3.09. The number of nitrogens with zero attached hydrogens (tertiary/aromatic N) is 2. The van der Waals surface area contributed by atoms with E-state index in [1.54, 1.807) is 12.4 Å². The third-order valence-electron chi connectivity index (χ3n) is 2.61. The van der Waals surface area contributed by atoms with Gasteiger partial charge in [-0.1, -0.05) is 0 Å². The average Bonchev–Trinajstić information content (AvgIpc) is 2.40. The fourth-order valence-corrected chi connectivity index (χ4v) is 1.58. The number of ether oxygens (including phenoxy) is 1. The molecule has 0 aliphatic rings. The van der Waals surface area contributed by atoms with Gasteiger partial charge in [0.25, 0.3) is 0 Å². The minimum atomic E-state index is -0.432. The number of nitrogen functional groups attached to an aromatic ring is 1. The molecule has 0 fully saturated rings. The molecule has 5 nitrogen and oxygen atoms in total. The summed E-state index contributed by atoms with van der Waals surface area (Å²) in [6.07, 6.45) is 3.31. The zero-order valence-corrected chi connectivity index (χ0v) is 10.8. The van der Waals surface area contributed by atoms with E-state index < -0.39 is 5.82 Å². The number of aryl methyl sites for hydroxylation is 1. The van der Waals surface area contributed by atoms with Crippen LogP contribution in [0.2, 0.25) is 0 Å². The molecule has 0 bridgehead atoms. The molecule has 1 heterocycles. The molecule has 6 heteroatoms. The number of benzene rings is 1. The molecular formula is C13H15FN4O. The van der Waals surface area contributed by atoms with Gasteiger partial charge in [-0.3, -0.25) is 9.97 Å². The Morgan fingerprint density at radius 1 is 1.32 bits per heavy atom. The van der Waals surface area contributed by atoms with Crippen molar-refractivity contribution in [2.45, 2.75) is 13.5 Å². The Balaban J connectivity index is 2.13. The molecule has 100 valence electrons. The monoisotopic (exact) mass is 262 g/mol. The molecule has 0 aliphatic heterocycles. The lowest BCUT2D eigenvalue weighted by Gasteiger charge is -2.11. The number of methoxy groups -OCH3 is 1. The zero-order chi connectivity index (χ0) is 13.8. The minimum Gasteiger partial charge on any atom is -0.495 e. The highest BCUT2D eigenvalue weighted by atomic mass is 19.1. The van der Waals surface area contributed by atoms with Crippen molar-refractivity contribution in [3.63, 3.8) is 0 Å². The summed E-state index contributed by atoms with van der Waals surface area (Å²) >= 11 is 0. The molecule has 0 saturated carbocycles. The summed E-state index contributed by atoms with van der Waals surface area (Å²) in [6, 6.07) is 2.74. The van der Waals surface area contributed by atoms with Crippen LogP contribution in [-0.2, 0) is 6.54 Å². The van der Waals surface area contributed by atoms with Gasteiger partial charge in [-0.15, -0.1) is 0 Å². The summed E-state index contributed by atoms with van der Waals surface area (Å²) in [6.45, 7) is 2.23. The second kappa shape index (κ2) is 5.51. The molecule has 2 aromatic rings. The second-order valence-electron chi connectivity index (χ2n) is 4.08. The van der Waals surface area contributed by atoms with Crippen LogP contribution in [-0.4, -0.2) is 17.1 Å². The van der Waals surface area contributed by atoms with Crippen molar-refractivity contribution in [1.29, 1.82) is 0 Å². The zero-order valence-electron chi connectivity index (χ0n) is 10.8. The highest BCUT2D eigenvalue weighted by Gasteiger charge is 2.08. The van der Waals surface area contributed by atoms with Gasteiger partial charge < -0.3 is 15.8 Å². The number of hydrogen-bond donors (Lipinski definition) is 2. The lowest BCUT2D eigenvalue weighted by atomic mass is 10.2. The van der Waals surface area contributed by atoms with Gasteiger partial charge in [0.1, 0.15) is 11.6 Å². The number of anilines is 2. The number of nitrogens with two attached hydrogens (primary N) is 1. The van der Waals surface area contributed by atoms with Crippen molar-refractivity contribution in [1.82, 2.24) is 9.97 Å². The van der Waals surface area contributed by atoms with Gasteiger partial charge in [0.2, 0.25) is 0 Å². The first-order valence-electron chi connectivity index (χ1n) is 5.74. The number of nitrogens with one attached hydrogen (secondary N) is 1. The Kier molecular flexibility index (Phi) is 3.79. The Morgan fingerprint density at radius 2 is 2.11 bits per heavy atom. The van der Waals surface area contributed by atoms with Gasteiger partial charge in [-0.05, 0) is 6.92 Å². The standard InChI is InChI=1S/C13H15FN4O/c1-8-5-17-9(6-16-8)7-18-12-4-13(19-2)11(15)3-10(12)14/h3-6,18H,7,15H2,1-2H3. The minimum absolute atomic E-state index is 0.265. The second-order valence-corrected chi connectivity index (χ2v) is 4.08. The molecule has 0 atom stereocenters. The number of rotatable bonds is 4. The van der Waals surface area contributed by atoms with Crippen LogP contribution in [0.4, 0.5) is 15.8 Å². The van der Waals surface area contributed by atoms with E-state index >= 15 is 0 Å². The number of halogens is 1. The summed E-state index contributed by atoms with van der Waals surface area (Å²) < 4.78 is 18.7. The highest BCUT2D eigenvalue weighted by molar-refractivity contribution is 5.62. The Hall–Kier alpha value is -2.37. The van der Waals surface area contributed by atoms with E-state index in [9.17, 15) is 4.39 Å². The van der Waals surface area contributed by atoms with Crippen LogP contribution in [0.3, 0.4) is 0 Å². The van der Waals surface area contributed by atoms with Crippen LogP contribution >= 0.6 is 0 Å². The molecule has 0 amide bonds. The lowest BCUT2D eigenvalue weighted by Crippen LogP contribution is -2.05. The van der Waals surface area contributed by atoms with Gasteiger partial charge >= 0.3 is 0 Å². The summed E-state index contributed by atoms with van der Waals surface area (Å²) in [4.78, 5) is 8.30. The van der Waals surface area contributed by atoms with Crippen LogP contribution in [0.5, 0.6) is 5.75 Å². The molecular weight excluding hydrogens is 247 g/mol. The van der Waals surface area contributed by atoms with Crippen molar-refractivity contribution in [3.05, 3.63) is 41.7 Å². The molecule has 1 aromatic heterocycles. The van der Waals surface area contributed by atoms with Crippen molar-refractivity contribution >= 4 is 11.4 Å². The topological polar surface area (TPSA) is 73.1 Å². The first-order chi connectivity index (χ1) is 9.10. The predicted octanol–water partition coefficient (Wildman–Crippen LogP) is 2.13. The smallest absolute Gasteiger partial charge is 0.148 e. The van der Waals surface area contributed by atoms with Gasteiger partial charge in [-0.2, -0.15) is 0 Å². The average molecular weight is 262 g/mol. The van der Waals surface area contributed by atoms with E-state index in [2.05, 4.69) is 15.3 Å². The largest absolute Gasteiger partial charge is 0.495 e. The molecule has 1 aromatic carbocycles. The highest BCUT2D eigenvalue weighted by Crippen LogP contribution is 2.28. The van der Waals surface area contributed by atoms with Crippen molar-refractivity contribution in [2.24, 2.45) is 0 Å². The first-order valence-corrected chi connectivity index (χ1v) is 5.74. The van der Waals surface area contributed by atoms with E-state index in [1.165, 1.54) is 19.2 Å². The van der Waals surface area contributed by atoms with Crippen LogP contribution in [0.25, 0.3) is 0 Å². The summed E-state index contributed by atoms with van der Waals surface area (Å²) in [5.74, 6) is -0.00254. The third-order valence-corrected chi connectivity index (χ3v) is 2.61. The number of hydrogen-bond acceptors (Lipinski definition) is 5. The Bertz CT molecular complexity index is 572. The molecule has 0 aliphatic carbocycles. The van der Waals surface area contributed by atoms with Crippen molar-refractivity contribution in [2.75, 3.05) is 18.2 Å². The van der Waals surface area contributed by atoms with Crippen LogP contribution < -0.4 is 15.8 Å². The molecule has 0 saturated heterocycles. The first kappa shape index (κ1) is 13.1. The van der Waals surface area contributed by atoms with E-state index in [4.69, 9.17) is 10.5 Å². The Morgan fingerprint density at radius 3 is 2.74 bits per heavy atom. The normalized spacial score (nSPS) is 10.3. The van der Waals surface area contributed by atoms with Crippen molar-refractivity contribution in [3.8, 4) is 5.75 Å². The van der Waals surface area contributed by atoms with Crippen LogP contribution in [0, 0.1) is 12.7 Å². The van der Waals surface area contributed by atoms with Gasteiger partial charge in [0.15, 0.2) is 0 Å². The SMILES string of the molecule is COc1cc(NCc2cnc(C)cn2)c(F)cc1N. The maximum atomic E-state index is 13.7. The maximum Gasteiger partial charge on any atom is 0.148 e. The van der Waals surface area contributed by atoms with Gasteiger partial charge in [0.05, 0.1) is 42.6 Å². The predicted molar refractivity (Wildman–Crippen MR) is 71.5 cm³/mol. The lowest BCUT2D eigenvalue weighted by molar-refractivity contribution is 0.416. The maximum absolute atomic E-state index is 13.7. The van der Waals surface area contributed by atoms with E-state index in [0.29, 0.717) is 18.0 Å². The molecule has 3 N–H and O–H groups in total. The molecule has 0 spiro atoms. The van der Waals surface area contributed by atoms with Gasteiger partial charge in [-0.25, -0.2) is 4.39 Å². The molecule has 19 heavy (non-hydrogen) atoms. The van der Waals surface area contributed by atoms with Crippen LogP contribution in [0.15, 0.2) is 24.5 Å². The van der Waals surface area contributed by atoms with Crippen molar-refractivity contribution < 1.29 is 9.13 Å². The summed E-state index contributed by atoms with van der Waals surface area (Å²) in [5.41, 5.74) is 7.75. The molecule has 0 radical (unpaired) electrons. The summed E-state index contributed by atoms with van der Waals surface area (Å²) in [7, 11) is 1.48. The van der Waals surface area contributed by atoms with E-state index in [1.807, 2.05) is 6.92 Å². The fraction of sp³-hybridized carbons (Fsp3) is 0.231. The van der Waals surface area contributed by atoms with Crippen LogP contribution in [0.1, 0.15) is 11.4 Å². The quantitative estimate of drug-likeness (QED) is 0.826. The number of aromatic nitrogens is 2. The Labute approximate surface area is 110 Å². The van der Waals surface area contributed by atoms with E-state index in [-0.39, 0.29) is 5.69 Å².